The van der Waals surface area contributed by atoms with Crippen molar-refractivity contribution in [3.8, 4) is 34.5 Å². The van der Waals surface area contributed by atoms with E-state index in [1.54, 1.807) is 14.2 Å². The van der Waals surface area contributed by atoms with Gasteiger partial charge in [0.1, 0.15) is 45.7 Å². The van der Waals surface area contributed by atoms with E-state index in [0.717, 1.165) is 119 Å². The molecule has 0 saturated heterocycles. The molecule has 0 aliphatic carbocycles. The zero-order chi connectivity index (χ0) is 46.0. The fraction of sp³-hybridized carbons (Fsp3) is 0.480. The summed E-state index contributed by atoms with van der Waals surface area (Å²) in [6, 6.07) is 11.6. The zero-order valence-electron chi connectivity index (χ0n) is 39.2. The van der Waals surface area contributed by atoms with Gasteiger partial charge in [0.2, 0.25) is 0 Å². The van der Waals surface area contributed by atoms with E-state index in [-0.39, 0.29) is 36.2 Å². The van der Waals surface area contributed by atoms with Crippen LogP contribution in [0.5, 0.6) is 34.5 Å². The average molecular weight is 902 g/mol. The van der Waals surface area contributed by atoms with Gasteiger partial charge in [0.15, 0.2) is 11.9 Å². The van der Waals surface area contributed by atoms with Crippen LogP contribution in [0.25, 0.3) is 0 Å². The normalized spacial score (nSPS) is 18.5. The molecule has 0 amide bonds. The fourth-order valence-electron chi connectivity index (χ4n) is 9.89. The number of phenolic OH excluding ortho intramolecular Hbond substituents is 2. The number of nitrogens with zero attached hydrogens (tertiary/aromatic N) is 2. The highest BCUT2D eigenvalue weighted by molar-refractivity contribution is 5.85. The summed E-state index contributed by atoms with van der Waals surface area (Å²) >= 11 is 0. The van der Waals surface area contributed by atoms with Crippen molar-refractivity contribution in [3.05, 3.63) is 92.0 Å². The van der Waals surface area contributed by atoms with Crippen molar-refractivity contribution >= 4 is 35.7 Å². The number of guanidine groups is 2. The number of hydrogen-bond acceptors (Lipinski definition) is 9. The molecule has 348 valence electrons. The number of ether oxygens (including phenoxy) is 5. The Balaban J connectivity index is 0.00000771. The van der Waals surface area contributed by atoms with Crippen LogP contribution < -0.4 is 41.9 Å². The molecule has 14 heteroatoms. The highest BCUT2D eigenvalue weighted by Crippen LogP contribution is 2.52. The summed E-state index contributed by atoms with van der Waals surface area (Å²) in [4.78, 5) is 8.53. The molecule has 10 N–H and O–H groups in total. The van der Waals surface area contributed by atoms with Crippen LogP contribution in [0.2, 0.25) is 0 Å². The second-order valence-electron chi connectivity index (χ2n) is 17.8. The third-order valence-electron chi connectivity index (χ3n) is 13.8. The van der Waals surface area contributed by atoms with Gasteiger partial charge in [-0.1, -0.05) is 12.1 Å². The Morgan fingerprint density at radius 3 is 1.34 bits per heavy atom. The van der Waals surface area contributed by atoms with Crippen molar-refractivity contribution in [2.24, 2.45) is 32.9 Å². The first-order chi connectivity index (χ1) is 29.8. The van der Waals surface area contributed by atoms with E-state index in [4.69, 9.17) is 46.6 Å². The molecule has 4 aromatic carbocycles. The molecule has 0 radical (unpaired) electrons. The summed E-state index contributed by atoms with van der Waals surface area (Å²) in [6.45, 7) is 17.3. The number of aromatic hydroxyl groups is 2. The summed E-state index contributed by atoms with van der Waals surface area (Å²) in [5.41, 5.74) is 32.4. The van der Waals surface area contributed by atoms with Gasteiger partial charge in [0, 0.05) is 59.4 Å². The Morgan fingerprint density at radius 2 is 1.00 bits per heavy atom. The molecule has 0 saturated carbocycles. The highest BCUT2D eigenvalue weighted by atomic mass is 35.5. The lowest BCUT2D eigenvalue weighted by Gasteiger charge is -2.44. The van der Waals surface area contributed by atoms with Crippen LogP contribution in [0, 0.1) is 41.5 Å². The molecule has 13 nitrogen and oxygen atoms in total. The maximum atomic E-state index is 10.9. The minimum Gasteiger partial charge on any atom is -0.507 e. The van der Waals surface area contributed by atoms with Crippen molar-refractivity contribution in [2.75, 3.05) is 27.4 Å². The predicted octanol–water partition coefficient (Wildman–Crippen LogP) is 9.21. The number of phenols is 2. The van der Waals surface area contributed by atoms with E-state index < -0.39 is 11.2 Å². The smallest absolute Gasteiger partial charge is 0.191 e. The lowest BCUT2D eigenvalue weighted by Crippen LogP contribution is -2.43. The van der Waals surface area contributed by atoms with Gasteiger partial charge in [-0.2, -0.15) is 0 Å². The van der Waals surface area contributed by atoms with Gasteiger partial charge in [-0.25, -0.2) is 9.98 Å². The van der Waals surface area contributed by atoms with E-state index in [9.17, 15) is 10.2 Å². The molecule has 2 aliphatic heterocycles. The van der Waals surface area contributed by atoms with Gasteiger partial charge in [-0.3, -0.25) is 0 Å². The summed E-state index contributed by atoms with van der Waals surface area (Å²) in [5.74, 6) is 3.53. The topological polar surface area (TPSA) is 215 Å². The van der Waals surface area contributed by atoms with Gasteiger partial charge in [0.05, 0.1) is 25.6 Å². The lowest BCUT2D eigenvalue weighted by molar-refractivity contribution is 0.0233. The first-order valence-corrected chi connectivity index (χ1v) is 22.0. The van der Waals surface area contributed by atoms with E-state index in [1.165, 1.54) is 0 Å². The second kappa shape index (κ2) is 20.1. The van der Waals surface area contributed by atoms with Gasteiger partial charge in [-0.15, -0.1) is 12.4 Å². The van der Waals surface area contributed by atoms with Gasteiger partial charge < -0.3 is 56.8 Å². The molecule has 0 aromatic heterocycles. The summed E-state index contributed by atoms with van der Waals surface area (Å²) in [7, 11) is 3.31. The molecule has 0 bridgehead atoms. The Labute approximate surface area is 385 Å². The van der Waals surface area contributed by atoms with Crippen LogP contribution >= 0.6 is 12.4 Å². The predicted molar refractivity (Wildman–Crippen MR) is 258 cm³/mol. The number of hydrogen-bond donors (Lipinski definition) is 6. The number of aliphatic imine (C=N–C) groups is 2. The molecule has 64 heavy (non-hydrogen) atoms. The van der Waals surface area contributed by atoms with E-state index in [1.807, 2.05) is 77.9 Å². The van der Waals surface area contributed by atoms with Crippen LogP contribution in [0.1, 0.15) is 120 Å². The molecule has 4 atom stereocenters. The first-order valence-electron chi connectivity index (χ1n) is 22.0. The van der Waals surface area contributed by atoms with Crippen LogP contribution in [0.4, 0.5) is 11.4 Å². The molecule has 2 heterocycles. The Bertz CT molecular complexity index is 2250. The number of methoxy groups -OCH3 is 2. The van der Waals surface area contributed by atoms with Crippen LogP contribution in [-0.4, -0.2) is 60.8 Å². The Kier molecular flexibility index (Phi) is 15.5. The number of fused-ring (bicyclic) bond motifs is 2. The molecule has 2 aliphatic rings. The second-order valence-corrected chi connectivity index (χ2v) is 17.8. The summed E-state index contributed by atoms with van der Waals surface area (Å²) in [5, 5.41) is 21.7. The number of nitrogens with two attached hydrogens (primary N) is 4. The standard InChI is InChI=1S/C50H68N6O7.ClH/c1-27-29(3)45-35(31(5)43(27)57)19-21-49(7,62-45)39(37-17-15-33(55-47(51)52)25-41(37)59-9)13-11-23-61-24-12-14-40(38-18-16-34(56-48(53)54)26-42(38)60-10)50(8)22-20-36-32(6)44(58)28(2)30(4)46(36)63-50;/h15-18,25-26,39-40,57-58H,11-14,19-24H2,1-10H3,(H4,51,52,55)(H4,53,54,56);1H. The van der Waals surface area contributed by atoms with E-state index >= 15 is 0 Å². The fourth-order valence-corrected chi connectivity index (χ4v) is 9.89. The largest absolute Gasteiger partial charge is 0.507 e. The minimum absolute atomic E-state index is 0. The van der Waals surface area contributed by atoms with Crippen LogP contribution in [-0.2, 0) is 17.6 Å². The van der Waals surface area contributed by atoms with Crippen molar-refractivity contribution in [3.63, 3.8) is 0 Å². The van der Waals surface area contributed by atoms with Gasteiger partial charge in [-0.05, 0) is 152 Å². The van der Waals surface area contributed by atoms with Crippen molar-refractivity contribution in [1.29, 1.82) is 0 Å². The Morgan fingerprint density at radius 1 is 0.625 bits per heavy atom. The maximum absolute atomic E-state index is 10.9. The monoisotopic (exact) mass is 900 g/mol. The quantitative estimate of drug-likeness (QED) is 0.0354. The lowest BCUT2D eigenvalue weighted by atomic mass is 9.74. The third kappa shape index (κ3) is 9.90. The van der Waals surface area contributed by atoms with Crippen LogP contribution in [0.3, 0.4) is 0 Å². The first kappa shape index (κ1) is 49.5. The Hall–Kier alpha value is -5.53. The molecule has 4 aromatic rings. The van der Waals surface area contributed by atoms with E-state index in [0.29, 0.717) is 47.6 Å². The molecule has 6 rings (SSSR count). The zero-order valence-corrected chi connectivity index (χ0v) is 40.1. The van der Waals surface area contributed by atoms with Crippen molar-refractivity contribution in [2.45, 2.75) is 130 Å². The number of halogens is 1. The SMILES string of the molecule is COc1cc(N=C(N)N)ccc1C(CCCOCCCC(c1ccc(N=C(N)N)cc1OC)C1(C)CCc2c(C)c(O)c(C)c(C)c2O1)C1(C)CCc2c(C)c(O)c(C)c(C)c2O1.Cl. The van der Waals surface area contributed by atoms with Crippen LogP contribution in [0.15, 0.2) is 46.4 Å². The third-order valence-corrected chi connectivity index (χ3v) is 13.8. The summed E-state index contributed by atoms with van der Waals surface area (Å²) in [6.07, 6.45) is 6.10. The molecule has 0 fully saturated rings. The minimum atomic E-state index is -0.593. The molecular weight excluding hydrogens is 832 g/mol. The number of benzene rings is 4. The average Bonchev–Trinajstić information content (AvgIpc) is 3.25. The van der Waals surface area contributed by atoms with Crippen molar-refractivity contribution in [1.82, 2.24) is 0 Å². The molecule has 0 spiro atoms. The maximum Gasteiger partial charge on any atom is 0.191 e. The van der Waals surface area contributed by atoms with E-state index in [2.05, 4.69) is 23.8 Å². The number of rotatable bonds is 16. The molecule has 4 unspecified atom stereocenters. The summed E-state index contributed by atoms with van der Waals surface area (Å²) < 4.78 is 32.5. The molecular formula is C50H69ClN6O7. The van der Waals surface area contributed by atoms with Gasteiger partial charge >= 0.3 is 0 Å². The highest BCUT2D eigenvalue weighted by Gasteiger charge is 2.44. The van der Waals surface area contributed by atoms with Gasteiger partial charge in [0.25, 0.3) is 0 Å². The van der Waals surface area contributed by atoms with Crippen molar-refractivity contribution < 1.29 is 33.9 Å².